The normalized spacial score (nSPS) is 9.67. The van der Waals surface area contributed by atoms with Gasteiger partial charge in [-0.25, -0.2) is 4.79 Å². The highest BCUT2D eigenvalue weighted by Gasteiger charge is 1.96. The number of hydrogen-bond donors (Lipinski definition) is 3. The summed E-state index contributed by atoms with van der Waals surface area (Å²) in [6.45, 7) is 0.530. The molecule has 1 aromatic rings. The maximum atomic E-state index is 10.1. The van der Waals surface area contributed by atoms with E-state index >= 15 is 0 Å². The molecule has 0 aliphatic heterocycles. The van der Waals surface area contributed by atoms with Gasteiger partial charge in [-0.05, 0) is 17.7 Å². The molecule has 5 heteroatoms. The summed E-state index contributed by atoms with van der Waals surface area (Å²) in [7, 11) is 0. The Hall–Kier alpha value is -1.75. The number of aliphatic hydroxyl groups is 1. The fraction of sp³-hybridized carbons (Fsp3) is 0.300. The molecule has 0 bridgehead atoms. The minimum absolute atomic E-state index is 0.000843. The molecule has 0 spiro atoms. The van der Waals surface area contributed by atoms with Gasteiger partial charge in [-0.2, -0.15) is 0 Å². The summed E-state index contributed by atoms with van der Waals surface area (Å²) in [5, 5.41) is 19.3. The second-order valence-corrected chi connectivity index (χ2v) is 2.88. The van der Waals surface area contributed by atoms with Crippen LogP contribution in [-0.4, -0.2) is 29.5 Å². The molecule has 82 valence electrons. The lowest BCUT2D eigenvalue weighted by molar-refractivity contribution is 0.191. The van der Waals surface area contributed by atoms with Crippen molar-refractivity contribution < 1.29 is 19.7 Å². The summed E-state index contributed by atoms with van der Waals surface area (Å²) in [5.74, 6) is 0.652. The largest absolute Gasteiger partial charge is 0.492 e. The molecule has 0 saturated heterocycles. The molecule has 5 nitrogen and oxygen atoms in total. The van der Waals surface area contributed by atoms with E-state index in [4.69, 9.17) is 14.9 Å². The van der Waals surface area contributed by atoms with E-state index in [1.54, 1.807) is 24.3 Å². The summed E-state index contributed by atoms with van der Waals surface area (Å²) >= 11 is 0. The minimum Gasteiger partial charge on any atom is -0.492 e. The van der Waals surface area contributed by atoms with Crippen molar-refractivity contribution in [3.05, 3.63) is 29.8 Å². The SMILES string of the molecule is O=C(O)NCCOc1ccc(CO)cc1. The number of hydrogen-bond acceptors (Lipinski definition) is 3. The first-order chi connectivity index (χ1) is 7.22. The number of ether oxygens (including phenoxy) is 1. The average Bonchev–Trinajstić information content (AvgIpc) is 2.25. The molecule has 1 amide bonds. The lowest BCUT2D eigenvalue weighted by atomic mass is 10.2. The van der Waals surface area contributed by atoms with Crippen LogP contribution < -0.4 is 10.1 Å². The molecule has 1 aromatic carbocycles. The number of carbonyl (C=O) groups is 1. The quantitative estimate of drug-likeness (QED) is 0.630. The van der Waals surface area contributed by atoms with E-state index in [-0.39, 0.29) is 19.8 Å². The number of amides is 1. The Morgan fingerprint density at radius 3 is 2.53 bits per heavy atom. The molecule has 3 N–H and O–H groups in total. The smallest absolute Gasteiger partial charge is 0.404 e. The first kappa shape index (κ1) is 11.3. The van der Waals surface area contributed by atoms with Gasteiger partial charge in [0.1, 0.15) is 12.4 Å². The Labute approximate surface area is 87.3 Å². The van der Waals surface area contributed by atoms with E-state index in [0.717, 1.165) is 5.56 Å². The van der Waals surface area contributed by atoms with Crippen molar-refractivity contribution in [2.24, 2.45) is 0 Å². The van der Waals surface area contributed by atoms with Gasteiger partial charge in [0.05, 0.1) is 13.2 Å². The zero-order valence-corrected chi connectivity index (χ0v) is 8.14. The average molecular weight is 211 g/mol. The van der Waals surface area contributed by atoms with Crippen molar-refractivity contribution in [1.29, 1.82) is 0 Å². The van der Waals surface area contributed by atoms with Crippen LogP contribution in [0.4, 0.5) is 4.79 Å². The number of nitrogens with one attached hydrogen (secondary N) is 1. The Morgan fingerprint density at radius 1 is 1.33 bits per heavy atom. The first-order valence-corrected chi connectivity index (χ1v) is 4.52. The molecule has 0 saturated carbocycles. The van der Waals surface area contributed by atoms with Crippen molar-refractivity contribution >= 4 is 6.09 Å². The third-order valence-electron chi connectivity index (χ3n) is 1.75. The standard InChI is InChI=1S/C10H13NO4/c12-7-8-1-3-9(4-2-8)15-6-5-11-10(13)14/h1-4,11-12H,5-7H2,(H,13,14). The van der Waals surface area contributed by atoms with Crippen LogP contribution in [-0.2, 0) is 6.61 Å². The highest BCUT2D eigenvalue weighted by molar-refractivity contribution is 5.64. The lowest BCUT2D eigenvalue weighted by Crippen LogP contribution is -2.26. The third kappa shape index (κ3) is 4.33. The maximum Gasteiger partial charge on any atom is 0.404 e. The lowest BCUT2D eigenvalue weighted by Gasteiger charge is -2.06. The van der Waals surface area contributed by atoms with E-state index in [1.165, 1.54) is 0 Å². The van der Waals surface area contributed by atoms with Crippen molar-refractivity contribution in [1.82, 2.24) is 5.32 Å². The van der Waals surface area contributed by atoms with Crippen LogP contribution in [0.2, 0.25) is 0 Å². The van der Waals surface area contributed by atoms with Crippen LogP contribution >= 0.6 is 0 Å². The first-order valence-electron chi connectivity index (χ1n) is 4.52. The minimum atomic E-state index is -1.06. The molecule has 1 rings (SSSR count). The fourth-order valence-corrected chi connectivity index (χ4v) is 1.02. The van der Waals surface area contributed by atoms with Gasteiger partial charge < -0.3 is 20.3 Å². The highest BCUT2D eigenvalue weighted by Crippen LogP contribution is 2.11. The van der Waals surface area contributed by atoms with Gasteiger partial charge in [-0.3, -0.25) is 0 Å². The zero-order valence-electron chi connectivity index (χ0n) is 8.14. The van der Waals surface area contributed by atoms with Crippen molar-refractivity contribution in [2.45, 2.75) is 6.61 Å². The monoisotopic (exact) mass is 211 g/mol. The molecular formula is C10H13NO4. The number of rotatable bonds is 5. The molecule has 0 aromatic heterocycles. The van der Waals surface area contributed by atoms with Gasteiger partial charge in [0.25, 0.3) is 0 Å². The number of carboxylic acid groups (broad SMARTS) is 1. The van der Waals surface area contributed by atoms with E-state index in [1.807, 2.05) is 0 Å². The van der Waals surface area contributed by atoms with Crippen LogP contribution in [0, 0.1) is 0 Å². The molecule has 0 aliphatic carbocycles. The summed E-state index contributed by atoms with van der Waals surface area (Å²) in [6.07, 6.45) is -1.06. The zero-order chi connectivity index (χ0) is 11.1. The fourth-order valence-electron chi connectivity index (χ4n) is 1.02. The Bertz CT molecular complexity index is 310. The van der Waals surface area contributed by atoms with Crippen molar-refractivity contribution in [3.8, 4) is 5.75 Å². The topological polar surface area (TPSA) is 78.8 Å². The van der Waals surface area contributed by atoms with Gasteiger partial charge in [-0.15, -0.1) is 0 Å². The van der Waals surface area contributed by atoms with Gasteiger partial charge in [0, 0.05) is 0 Å². The summed E-state index contributed by atoms with van der Waals surface area (Å²) in [5.41, 5.74) is 0.811. The Kier molecular flexibility index (Phi) is 4.43. The maximum absolute atomic E-state index is 10.1. The predicted molar refractivity (Wildman–Crippen MR) is 53.9 cm³/mol. The number of benzene rings is 1. The molecule has 0 heterocycles. The van der Waals surface area contributed by atoms with E-state index < -0.39 is 6.09 Å². The molecule has 0 aliphatic rings. The van der Waals surface area contributed by atoms with E-state index in [2.05, 4.69) is 5.32 Å². The molecule has 0 unspecified atom stereocenters. The van der Waals surface area contributed by atoms with Crippen LogP contribution in [0.3, 0.4) is 0 Å². The molecule has 0 fully saturated rings. The number of aliphatic hydroxyl groups excluding tert-OH is 1. The summed E-state index contributed by atoms with van der Waals surface area (Å²) in [6, 6.07) is 6.96. The predicted octanol–water partition coefficient (Wildman–Crippen LogP) is 0.825. The van der Waals surface area contributed by atoms with Crippen molar-refractivity contribution in [2.75, 3.05) is 13.2 Å². The van der Waals surface area contributed by atoms with Crippen LogP contribution in [0.1, 0.15) is 5.56 Å². The molecule has 0 atom stereocenters. The molecule has 0 radical (unpaired) electrons. The van der Waals surface area contributed by atoms with Gasteiger partial charge in [-0.1, -0.05) is 12.1 Å². The second-order valence-electron chi connectivity index (χ2n) is 2.88. The van der Waals surface area contributed by atoms with Gasteiger partial charge in [0.15, 0.2) is 0 Å². The van der Waals surface area contributed by atoms with Crippen LogP contribution in [0.15, 0.2) is 24.3 Å². The summed E-state index contributed by atoms with van der Waals surface area (Å²) < 4.78 is 5.25. The van der Waals surface area contributed by atoms with Crippen LogP contribution in [0.5, 0.6) is 5.75 Å². The van der Waals surface area contributed by atoms with Crippen LogP contribution in [0.25, 0.3) is 0 Å². The van der Waals surface area contributed by atoms with E-state index in [9.17, 15) is 4.79 Å². The Morgan fingerprint density at radius 2 is 2.00 bits per heavy atom. The Balaban J connectivity index is 2.28. The molecular weight excluding hydrogens is 198 g/mol. The highest BCUT2D eigenvalue weighted by atomic mass is 16.5. The third-order valence-corrected chi connectivity index (χ3v) is 1.75. The van der Waals surface area contributed by atoms with Gasteiger partial charge >= 0.3 is 6.09 Å². The van der Waals surface area contributed by atoms with Gasteiger partial charge in [0.2, 0.25) is 0 Å². The second kappa shape index (κ2) is 5.87. The summed E-state index contributed by atoms with van der Waals surface area (Å²) in [4.78, 5) is 10.1. The van der Waals surface area contributed by atoms with Crippen molar-refractivity contribution in [3.63, 3.8) is 0 Å². The van der Waals surface area contributed by atoms with E-state index in [0.29, 0.717) is 5.75 Å². The molecule has 15 heavy (non-hydrogen) atoms.